The number of nitrogens with zero attached hydrogens (tertiary/aromatic N) is 1. The van der Waals surface area contributed by atoms with Gasteiger partial charge < -0.3 is 9.73 Å². The number of nitrogens with one attached hydrogen (secondary N) is 1. The summed E-state index contributed by atoms with van der Waals surface area (Å²) in [4.78, 5) is 4.58. The average molecular weight is 284 g/mol. The van der Waals surface area contributed by atoms with Crippen LogP contribution in [0, 0.1) is 6.92 Å². The molecule has 0 aliphatic heterocycles. The van der Waals surface area contributed by atoms with Gasteiger partial charge >= 0.3 is 0 Å². The second-order valence-electron chi connectivity index (χ2n) is 4.66. The zero-order valence-corrected chi connectivity index (χ0v) is 12.1. The summed E-state index contributed by atoms with van der Waals surface area (Å²) in [6.45, 7) is 2.97. The summed E-state index contributed by atoms with van der Waals surface area (Å²) in [5.74, 6) is 0.841. The molecule has 0 spiro atoms. The van der Waals surface area contributed by atoms with E-state index in [0.717, 1.165) is 35.1 Å². The van der Waals surface area contributed by atoms with Crippen molar-refractivity contribution >= 4 is 17.0 Å². The zero-order valence-electron chi connectivity index (χ0n) is 11.3. The predicted molar refractivity (Wildman–Crippen MR) is 83.2 cm³/mol. The highest BCUT2D eigenvalue weighted by Crippen LogP contribution is 2.24. The minimum Gasteiger partial charge on any atom is -0.462 e. The molecule has 0 atom stereocenters. The molecule has 20 heavy (non-hydrogen) atoms. The van der Waals surface area contributed by atoms with Crippen LogP contribution in [0.2, 0.25) is 0 Å². The molecule has 2 heterocycles. The van der Waals surface area contributed by atoms with E-state index in [1.54, 1.807) is 17.6 Å². The fourth-order valence-corrected chi connectivity index (χ4v) is 2.76. The molecule has 0 bridgehead atoms. The third kappa shape index (κ3) is 3.08. The smallest absolute Gasteiger partial charge is 0.162 e. The summed E-state index contributed by atoms with van der Waals surface area (Å²) < 4.78 is 5.35. The van der Waals surface area contributed by atoms with Crippen molar-refractivity contribution in [3.05, 3.63) is 59.3 Å². The van der Waals surface area contributed by atoms with Crippen LogP contribution in [0.1, 0.15) is 11.3 Å². The highest BCUT2D eigenvalue weighted by molar-refractivity contribution is 7.13. The van der Waals surface area contributed by atoms with Gasteiger partial charge in [-0.3, -0.25) is 0 Å². The van der Waals surface area contributed by atoms with Gasteiger partial charge in [-0.1, -0.05) is 17.7 Å². The molecule has 0 aliphatic rings. The van der Waals surface area contributed by atoms with Gasteiger partial charge in [-0.25, -0.2) is 4.98 Å². The Bertz CT molecular complexity index is 656. The number of anilines is 1. The fraction of sp³-hybridized carbons (Fsp3) is 0.188. The Morgan fingerprint density at radius 3 is 2.80 bits per heavy atom. The number of aryl methyl sites for hydroxylation is 1. The molecule has 1 N–H and O–H groups in total. The Hall–Kier alpha value is -2.07. The van der Waals surface area contributed by atoms with E-state index in [1.165, 1.54) is 5.56 Å². The number of hydrogen-bond donors (Lipinski definition) is 1. The predicted octanol–water partition coefficient (Wildman–Crippen LogP) is 4.37. The first-order valence-electron chi connectivity index (χ1n) is 6.60. The van der Waals surface area contributed by atoms with Crippen LogP contribution >= 0.6 is 11.3 Å². The number of hydrogen-bond acceptors (Lipinski definition) is 4. The first-order chi connectivity index (χ1) is 9.81. The van der Waals surface area contributed by atoms with Crippen molar-refractivity contribution in [2.45, 2.75) is 13.3 Å². The molecule has 0 fully saturated rings. The lowest BCUT2D eigenvalue weighted by molar-refractivity contribution is 0.581. The average Bonchev–Trinajstić information content (AvgIpc) is 3.11. The largest absolute Gasteiger partial charge is 0.462 e. The van der Waals surface area contributed by atoms with Crippen molar-refractivity contribution in [3.63, 3.8) is 0 Å². The van der Waals surface area contributed by atoms with Crippen LogP contribution in [0.15, 0.2) is 52.5 Å². The maximum Gasteiger partial charge on any atom is 0.162 e. The molecular weight excluding hydrogens is 268 g/mol. The molecule has 0 aliphatic carbocycles. The quantitative estimate of drug-likeness (QED) is 0.756. The molecule has 1 aromatic carbocycles. The van der Waals surface area contributed by atoms with Gasteiger partial charge in [-0.05, 0) is 31.2 Å². The lowest BCUT2D eigenvalue weighted by Gasteiger charge is -2.05. The van der Waals surface area contributed by atoms with Gasteiger partial charge in [0.05, 0.1) is 12.0 Å². The van der Waals surface area contributed by atoms with Crippen LogP contribution in [-0.4, -0.2) is 11.5 Å². The Balaban J connectivity index is 1.55. The molecule has 4 heteroatoms. The number of aromatic nitrogens is 1. The maximum absolute atomic E-state index is 5.35. The van der Waals surface area contributed by atoms with Crippen molar-refractivity contribution in [3.8, 4) is 10.8 Å². The third-order valence-corrected chi connectivity index (χ3v) is 3.95. The molecule has 3 nitrogen and oxygen atoms in total. The van der Waals surface area contributed by atoms with E-state index in [2.05, 4.69) is 46.9 Å². The summed E-state index contributed by atoms with van der Waals surface area (Å²) in [5.41, 5.74) is 3.52. The first kappa shape index (κ1) is 12.9. The Morgan fingerprint density at radius 1 is 1.20 bits per heavy atom. The van der Waals surface area contributed by atoms with Crippen molar-refractivity contribution in [2.75, 3.05) is 11.9 Å². The lowest BCUT2D eigenvalue weighted by atomic mass is 10.2. The number of furan rings is 1. The summed E-state index contributed by atoms with van der Waals surface area (Å²) in [5, 5.41) is 6.44. The summed E-state index contributed by atoms with van der Waals surface area (Å²) in [6, 6.07) is 12.2. The Morgan fingerprint density at radius 2 is 2.05 bits per heavy atom. The van der Waals surface area contributed by atoms with Crippen LogP contribution < -0.4 is 5.32 Å². The van der Waals surface area contributed by atoms with Gasteiger partial charge in [0.25, 0.3) is 0 Å². The van der Waals surface area contributed by atoms with Gasteiger partial charge in [0.1, 0.15) is 0 Å². The van der Waals surface area contributed by atoms with Crippen LogP contribution in [0.3, 0.4) is 0 Å². The summed E-state index contributed by atoms with van der Waals surface area (Å²) in [6.07, 6.45) is 2.58. The van der Waals surface area contributed by atoms with E-state index in [4.69, 9.17) is 4.42 Å². The molecular formula is C16H16N2OS. The Kier molecular flexibility index (Phi) is 3.83. The second kappa shape index (κ2) is 5.92. The zero-order chi connectivity index (χ0) is 13.8. The highest BCUT2D eigenvalue weighted by Gasteiger charge is 2.06. The molecule has 0 radical (unpaired) electrons. The topological polar surface area (TPSA) is 38.1 Å². The molecule has 0 saturated carbocycles. The third-order valence-electron chi connectivity index (χ3n) is 3.05. The van der Waals surface area contributed by atoms with Gasteiger partial charge in [-0.15, -0.1) is 11.3 Å². The van der Waals surface area contributed by atoms with E-state index in [9.17, 15) is 0 Å². The van der Waals surface area contributed by atoms with Crippen molar-refractivity contribution in [1.82, 2.24) is 4.98 Å². The minimum absolute atomic E-state index is 0.841. The van der Waals surface area contributed by atoms with Crippen LogP contribution in [0.25, 0.3) is 10.8 Å². The number of rotatable bonds is 5. The highest BCUT2D eigenvalue weighted by atomic mass is 32.1. The van der Waals surface area contributed by atoms with Gasteiger partial charge in [0, 0.05) is 24.0 Å². The van der Waals surface area contributed by atoms with Gasteiger partial charge in [0.15, 0.2) is 10.8 Å². The van der Waals surface area contributed by atoms with E-state index in [-0.39, 0.29) is 0 Å². The normalized spacial score (nSPS) is 10.7. The van der Waals surface area contributed by atoms with Crippen molar-refractivity contribution in [1.29, 1.82) is 0 Å². The van der Waals surface area contributed by atoms with Crippen molar-refractivity contribution in [2.24, 2.45) is 0 Å². The van der Waals surface area contributed by atoms with Gasteiger partial charge in [0.2, 0.25) is 0 Å². The van der Waals surface area contributed by atoms with E-state index < -0.39 is 0 Å². The van der Waals surface area contributed by atoms with E-state index in [1.807, 2.05) is 12.1 Å². The molecule has 0 unspecified atom stereocenters. The van der Waals surface area contributed by atoms with Crippen LogP contribution in [0.5, 0.6) is 0 Å². The summed E-state index contributed by atoms with van der Waals surface area (Å²) in [7, 11) is 0. The standard InChI is InChI=1S/C16H16N2OS/c1-12-4-6-13(7-5-12)17-9-8-14-11-20-16(18-14)15-3-2-10-19-15/h2-7,10-11,17H,8-9H2,1H3. The van der Waals surface area contributed by atoms with Crippen LogP contribution in [-0.2, 0) is 6.42 Å². The second-order valence-corrected chi connectivity index (χ2v) is 5.52. The molecule has 2 aromatic heterocycles. The molecule has 3 aromatic rings. The monoisotopic (exact) mass is 284 g/mol. The SMILES string of the molecule is Cc1ccc(NCCc2csc(-c3ccco3)n2)cc1. The Labute approximate surface area is 122 Å². The fourth-order valence-electron chi connectivity index (χ4n) is 1.94. The van der Waals surface area contributed by atoms with Crippen molar-refractivity contribution < 1.29 is 4.42 Å². The molecule has 0 amide bonds. The maximum atomic E-state index is 5.35. The van der Waals surface area contributed by atoms with E-state index >= 15 is 0 Å². The lowest BCUT2D eigenvalue weighted by Crippen LogP contribution is -2.04. The first-order valence-corrected chi connectivity index (χ1v) is 7.48. The summed E-state index contributed by atoms with van der Waals surface area (Å²) >= 11 is 1.62. The number of thiazole rings is 1. The molecule has 102 valence electrons. The minimum atomic E-state index is 0.841. The molecule has 0 saturated heterocycles. The van der Waals surface area contributed by atoms with E-state index in [0.29, 0.717) is 0 Å². The van der Waals surface area contributed by atoms with Crippen LogP contribution in [0.4, 0.5) is 5.69 Å². The molecule has 3 rings (SSSR count). The van der Waals surface area contributed by atoms with Gasteiger partial charge in [-0.2, -0.15) is 0 Å². The number of benzene rings is 1.